The molecule has 1 atom stereocenters. The Labute approximate surface area is 118 Å². The van der Waals surface area contributed by atoms with Crippen LogP contribution in [0, 0.1) is 32.4 Å². The van der Waals surface area contributed by atoms with Crippen molar-refractivity contribution in [1.29, 1.82) is 0 Å². The second kappa shape index (κ2) is 5.71. The zero-order valence-corrected chi connectivity index (χ0v) is 12.0. The van der Waals surface area contributed by atoms with Crippen LogP contribution in [0.5, 0.6) is 0 Å². The Morgan fingerprint density at radius 3 is 2.30 bits per heavy atom. The molecule has 0 bridgehead atoms. The van der Waals surface area contributed by atoms with Crippen LogP contribution in [0.3, 0.4) is 0 Å². The van der Waals surface area contributed by atoms with E-state index >= 15 is 0 Å². The van der Waals surface area contributed by atoms with E-state index in [4.69, 9.17) is 5.73 Å². The highest BCUT2D eigenvalue weighted by atomic mass is 19.2. The molecule has 0 spiro atoms. The van der Waals surface area contributed by atoms with Crippen molar-refractivity contribution >= 4 is 0 Å². The lowest BCUT2D eigenvalue weighted by molar-refractivity contribution is 0.483. The fourth-order valence-corrected chi connectivity index (χ4v) is 2.31. The second-order valence-corrected chi connectivity index (χ2v) is 5.34. The van der Waals surface area contributed by atoms with Crippen LogP contribution in [0.1, 0.15) is 33.9 Å². The minimum absolute atomic E-state index is 0.231. The third kappa shape index (κ3) is 2.88. The monoisotopic (exact) mass is 275 g/mol. The normalized spacial score (nSPS) is 12.5. The Morgan fingerprint density at radius 2 is 1.60 bits per heavy atom. The van der Waals surface area contributed by atoms with Gasteiger partial charge in [-0.15, -0.1) is 0 Å². The van der Waals surface area contributed by atoms with Crippen LogP contribution in [0.25, 0.3) is 0 Å². The summed E-state index contributed by atoms with van der Waals surface area (Å²) < 4.78 is 27.5. The molecule has 0 radical (unpaired) electrons. The number of halogens is 2. The van der Waals surface area contributed by atoms with E-state index in [9.17, 15) is 8.78 Å². The van der Waals surface area contributed by atoms with Crippen molar-refractivity contribution in [1.82, 2.24) is 0 Å². The quantitative estimate of drug-likeness (QED) is 0.895. The first kappa shape index (κ1) is 14.7. The van der Waals surface area contributed by atoms with Crippen LogP contribution in [0.4, 0.5) is 8.78 Å². The summed E-state index contributed by atoms with van der Waals surface area (Å²) in [5, 5.41) is 0. The van der Waals surface area contributed by atoms with Gasteiger partial charge in [0.05, 0.1) is 0 Å². The van der Waals surface area contributed by atoms with E-state index in [1.165, 1.54) is 0 Å². The van der Waals surface area contributed by atoms with Gasteiger partial charge < -0.3 is 5.73 Å². The number of nitrogens with two attached hydrogens (primary N) is 1. The number of hydrogen-bond donors (Lipinski definition) is 1. The zero-order chi connectivity index (χ0) is 14.9. The molecule has 2 aromatic rings. The first-order valence-corrected chi connectivity index (χ1v) is 6.66. The van der Waals surface area contributed by atoms with Gasteiger partial charge >= 0.3 is 0 Å². The highest BCUT2D eigenvalue weighted by Crippen LogP contribution is 2.24. The maximum atomic E-state index is 13.9. The topological polar surface area (TPSA) is 26.0 Å². The molecule has 2 N–H and O–H groups in total. The van der Waals surface area contributed by atoms with Crippen LogP contribution in [-0.4, -0.2) is 0 Å². The standard InChI is InChI=1S/C17H19F2N/c1-10-4-5-11(2)13(8-10)9-15(20)14-7-6-12(3)16(18)17(14)19/h4-8,15H,9,20H2,1-3H3. The predicted octanol–water partition coefficient (Wildman–Crippen LogP) is 4.13. The van der Waals surface area contributed by atoms with Crippen molar-refractivity contribution in [2.45, 2.75) is 33.2 Å². The Balaban J connectivity index is 2.31. The van der Waals surface area contributed by atoms with E-state index in [1.807, 2.05) is 32.0 Å². The molecule has 2 rings (SSSR count). The lowest BCUT2D eigenvalue weighted by atomic mass is 9.94. The summed E-state index contributed by atoms with van der Waals surface area (Å²) in [5.74, 6) is -1.64. The van der Waals surface area contributed by atoms with Crippen molar-refractivity contribution < 1.29 is 8.78 Å². The predicted molar refractivity (Wildman–Crippen MR) is 77.6 cm³/mol. The summed E-state index contributed by atoms with van der Waals surface area (Å²) in [7, 11) is 0. The van der Waals surface area contributed by atoms with Crippen molar-refractivity contribution in [2.75, 3.05) is 0 Å². The lowest BCUT2D eigenvalue weighted by Crippen LogP contribution is -2.16. The molecule has 2 aromatic carbocycles. The molecular weight excluding hydrogens is 256 g/mol. The summed E-state index contributed by atoms with van der Waals surface area (Å²) in [6.07, 6.45) is 0.493. The molecule has 3 heteroatoms. The van der Waals surface area contributed by atoms with Crippen LogP contribution in [0.2, 0.25) is 0 Å². The Bertz CT molecular complexity index is 635. The molecule has 20 heavy (non-hydrogen) atoms. The molecule has 0 amide bonds. The first-order chi connectivity index (χ1) is 9.40. The summed E-state index contributed by atoms with van der Waals surface area (Å²) in [4.78, 5) is 0. The van der Waals surface area contributed by atoms with Crippen molar-refractivity contribution in [3.05, 3.63) is 69.8 Å². The highest BCUT2D eigenvalue weighted by Gasteiger charge is 2.17. The van der Waals surface area contributed by atoms with Crippen LogP contribution in [-0.2, 0) is 6.42 Å². The largest absolute Gasteiger partial charge is 0.324 e. The van der Waals surface area contributed by atoms with Crippen LogP contribution >= 0.6 is 0 Å². The third-order valence-electron chi connectivity index (χ3n) is 3.65. The fourth-order valence-electron chi connectivity index (χ4n) is 2.31. The zero-order valence-electron chi connectivity index (χ0n) is 12.0. The third-order valence-corrected chi connectivity index (χ3v) is 3.65. The van der Waals surface area contributed by atoms with E-state index in [0.29, 0.717) is 12.0 Å². The van der Waals surface area contributed by atoms with Gasteiger partial charge in [-0.1, -0.05) is 35.9 Å². The molecule has 0 saturated carbocycles. The van der Waals surface area contributed by atoms with Gasteiger partial charge in [0.1, 0.15) is 0 Å². The van der Waals surface area contributed by atoms with Crippen LogP contribution in [0.15, 0.2) is 30.3 Å². The van der Waals surface area contributed by atoms with Gasteiger partial charge in [0.25, 0.3) is 0 Å². The van der Waals surface area contributed by atoms with Crippen molar-refractivity contribution in [3.63, 3.8) is 0 Å². The van der Waals surface area contributed by atoms with Crippen molar-refractivity contribution in [3.8, 4) is 0 Å². The van der Waals surface area contributed by atoms with E-state index in [0.717, 1.165) is 16.7 Å². The van der Waals surface area contributed by atoms with Crippen LogP contribution < -0.4 is 5.73 Å². The van der Waals surface area contributed by atoms with Gasteiger partial charge in [0.15, 0.2) is 11.6 Å². The van der Waals surface area contributed by atoms with E-state index in [2.05, 4.69) is 0 Å². The number of benzene rings is 2. The minimum atomic E-state index is -0.831. The Kier molecular flexibility index (Phi) is 4.19. The number of rotatable bonds is 3. The van der Waals surface area contributed by atoms with E-state index in [1.54, 1.807) is 19.1 Å². The van der Waals surface area contributed by atoms with Gasteiger partial charge in [0.2, 0.25) is 0 Å². The van der Waals surface area contributed by atoms with E-state index < -0.39 is 17.7 Å². The summed E-state index contributed by atoms with van der Waals surface area (Å²) >= 11 is 0. The minimum Gasteiger partial charge on any atom is -0.324 e. The summed E-state index contributed by atoms with van der Waals surface area (Å²) in [5.41, 5.74) is 9.90. The lowest BCUT2D eigenvalue weighted by Gasteiger charge is -2.16. The molecule has 0 heterocycles. The molecule has 1 nitrogen and oxygen atoms in total. The van der Waals surface area contributed by atoms with Gasteiger partial charge in [-0.05, 0) is 43.9 Å². The number of hydrogen-bond acceptors (Lipinski definition) is 1. The molecule has 0 aliphatic heterocycles. The Morgan fingerprint density at radius 1 is 0.950 bits per heavy atom. The molecule has 1 unspecified atom stereocenters. The highest BCUT2D eigenvalue weighted by molar-refractivity contribution is 5.34. The second-order valence-electron chi connectivity index (χ2n) is 5.34. The molecule has 106 valence electrons. The molecule has 0 fully saturated rings. The van der Waals surface area contributed by atoms with Gasteiger partial charge in [-0.25, -0.2) is 8.78 Å². The number of aryl methyl sites for hydroxylation is 3. The maximum absolute atomic E-state index is 13.9. The van der Waals surface area contributed by atoms with Crippen molar-refractivity contribution in [2.24, 2.45) is 5.73 Å². The molecule has 0 aliphatic carbocycles. The molecule has 0 aliphatic rings. The van der Waals surface area contributed by atoms with Gasteiger partial charge in [0, 0.05) is 11.6 Å². The fraction of sp³-hybridized carbons (Fsp3) is 0.294. The van der Waals surface area contributed by atoms with E-state index in [-0.39, 0.29) is 5.56 Å². The maximum Gasteiger partial charge on any atom is 0.163 e. The molecular formula is C17H19F2N. The Hall–Kier alpha value is -1.74. The SMILES string of the molecule is Cc1ccc(C)c(CC(N)c2ccc(C)c(F)c2F)c1. The average molecular weight is 275 g/mol. The summed E-state index contributed by atoms with van der Waals surface area (Å²) in [6, 6.07) is 8.67. The first-order valence-electron chi connectivity index (χ1n) is 6.66. The smallest absolute Gasteiger partial charge is 0.163 e. The average Bonchev–Trinajstić information content (AvgIpc) is 2.40. The molecule has 0 aromatic heterocycles. The van der Waals surface area contributed by atoms with Gasteiger partial charge in [-0.2, -0.15) is 0 Å². The molecule has 0 saturated heterocycles. The van der Waals surface area contributed by atoms with Gasteiger partial charge in [-0.3, -0.25) is 0 Å². The summed E-state index contributed by atoms with van der Waals surface area (Å²) in [6.45, 7) is 5.53.